The number of hydrogen-bond donors (Lipinski definition) is 1. The van der Waals surface area contributed by atoms with Crippen LogP contribution in [0.15, 0.2) is 24.7 Å². The quantitative estimate of drug-likeness (QED) is 0.791. The summed E-state index contributed by atoms with van der Waals surface area (Å²) >= 11 is 0. The molecule has 4 rings (SSSR count). The van der Waals surface area contributed by atoms with Gasteiger partial charge in [-0.3, -0.25) is 4.68 Å². The molecule has 2 fully saturated rings. The van der Waals surface area contributed by atoms with Crippen molar-refractivity contribution in [1.29, 1.82) is 0 Å². The maximum atomic E-state index is 6.13. The van der Waals surface area contributed by atoms with Gasteiger partial charge < -0.3 is 24.5 Å². The van der Waals surface area contributed by atoms with E-state index < -0.39 is 18.3 Å². The summed E-state index contributed by atoms with van der Waals surface area (Å²) in [7, 11) is -0.555. The van der Waals surface area contributed by atoms with Crippen molar-refractivity contribution in [2.24, 2.45) is 0 Å². The molecule has 0 unspecified atom stereocenters. The maximum absolute atomic E-state index is 6.13. The third-order valence-corrected chi connectivity index (χ3v) is 5.70. The van der Waals surface area contributed by atoms with Gasteiger partial charge in [-0.05, 0) is 33.8 Å². The molecular weight excluding hydrogens is 359 g/mol. The van der Waals surface area contributed by atoms with Crippen LogP contribution in [0.2, 0.25) is 0 Å². The number of nitrogen functional groups attached to an aromatic ring is 1. The Kier molecular flexibility index (Phi) is 4.95. The van der Waals surface area contributed by atoms with Crippen molar-refractivity contribution in [3.05, 3.63) is 24.7 Å². The molecule has 8 nitrogen and oxygen atoms in total. The van der Waals surface area contributed by atoms with Crippen LogP contribution in [0.3, 0.4) is 0 Å². The number of nitrogens with zero attached hydrogens (tertiary/aromatic N) is 3. The Balaban J connectivity index is 1.54. The lowest BCUT2D eigenvalue weighted by molar-refractivity contribution is -0.0946. The molecule has 0 aliphatic carbocycles. The van der Waals surface area contributed by atoms with Gasteiger partial charge in [0, 0.05) is 29.0 Å². The number of anilines is 1. The van der Waals surface area contributed by atoms with Gasteiger partial charge in [-0.1, -0.05) is 0 Å². The zero-order chi connectivity index (χ0) is 19.9. The Bertz CT molecular complexity index is 832. The van der Waals surface area contributed by atoms with Crippen LogP contribution >= 0.6 is 0 Å². The summed E-state index contributed by atoms with van der Waals surface area (Å²) in [6.45, 7) is 10.6. The Hall–Kier alpha value is -1.94. The minimum atomic E-state index is -0.555. The molecule has 2 aromatic heterocycles. The molecule has 0 aromatic carbocycles. The molecule has 9 heteroatoms. The van der Waals surface area contributed by atoms with Crippen LogP contribution in [-0.2, 0) is 25.3 Å². The third-order valence-electron chi connectivity index (χ3n) is 5.70. The predicted molar refractivity (Wildman–Crippen MR) is 106 cm³/mol. The molecule has 2 aliphatic rings. The minimum Gasteiger partial charge on any atom is -0.399 e. The van der Waals surface area contributed by atoms with Gasteiger partial charge in [0.2, 0.25) is 0 Å². The second-order valence-electron chi connectivity index (χ2n) is 8.31. The summed E-state index contributed by atoms with van der Waals surface area (Å²) in [4.78, 5) is 4.36. The number of nitrogens with two attached hydrogens (primary N) is 1. The van der Waals surface area contributed by atoms with Gasteiger partial charge in [0.05, 0.1) is 43.8 Å². The summed E-state index contributed by atoms with van der Waals surface area (Å²) in [5.41, 5.74) is 7.84. The topological polar surface area (TPSA) is 93.7 Å². The van der Waals surface area contributed by atoms with Crippen LogP contribution < -0.4 is 11.2 Å². The molecule has 0 radical (unpaired) electrons. The Morgan fingerprint density at radius 3 is 2.57 bits per heavy atom. The van der Waals surface area contributed by atoms with Crippen molar-refractivity contribution in [2.75, 3.05) is 25.6 Å². The Morgan fingerprint density at radius 2 is 1.89 bits per heavy atom. The smallest absolute Gasteiger partial charge is 0.399 e. The van der Waals surface area contributed by atoms with E-state index in [-0.39, 0.29) is 6.10 Å². The standard InChI is InChI=1S/C19H27BN4O4/c1-18(2)19(3,4)28-20(27-18)16-7-13(8-22-17(16)21)14-9-23-24(10-14)11-15-12-25-5-6-26-15/h7-10,15H,5-6,11-12H2,1-4H3,(H2,21,22)/t15-/m0/s1. The van der Waals surface area contributed by atoms with Gasteiger partial charge in [-0.2, -0.15) is 5.10 Å². The summed E-state index contributed by atoms with van der Waals surface area (Å²) < 4.78 is 25.3. The molecule has 2 aromatic rings. The van der Waals surface area contributed by atoms with Crippen molar-refractivity contribution in [3.63, 3.8) is 0 Å². The first-order valence-electron chi connectivity index (χ1n) is 9.58. The lowest BCUT2D eigenvalue weighted by Crippen LogP contribution is -2.41. The summed E-state index contributed by atoms with van der Waals surface area (Å²) in [5.74, 6) is 0.405. The average molecular weight is 386 g/mol. The Labute approximate surface area is 165 Å². The highest BCUT2D eigenvalue weighted by Crippen LogP contribution is 2.37. The third kappa shape index (κ3) is 3.67. The molecule has 4 heterocycles. The normalized spacial score (nSPS) is 23.9. The largest absolute Gasteiger partial charge is 0.498 e. The number of hydrogen-bond acceptors (Lipinski definition) is 7. The van der Waals surface area contributed by atoms with Gasteiger partial charge >= 0.3 is 7.12 Å². The highest BCUT2D eigenvalue weighted by Gasteiger charge is 2.52. The Morgan fingerprint density at radius 1 is 1.14 bits per heavy atom. The lowest BCUT2D eigenvalue weighted by atomic mass is 9.78. The molecule has 0 saturated carbocycles. The van der Waals surface area contributed by atoms with E-state index in [1.165, 1.54) is 0 Å². The van der Waals surface area contributed by atoms with Crippen molar-refractivity contribution >= 4 is 18.4 Å². The number of pyridine rings is 1. The van der Waals surface area contributed by atoms with E-state index >= 15 is 0 Å². The fourth-order valence-electron chi connectivity index (χ4n) is 3.27. The van der Waals surface area contributed by atoms with Crippen molar-refractivity contribution in [2.45, 2.75) is 51.5 Å². The predicted octanol–water partition coefficient (Wildman–Crippen LogP) is 1.24. The van der Waals surface area contributed by atoms with Gasteiger partial charge in [0.25, 0.3) is 0 Å². The van der Waals surface area contributed by atoms with E-state index in [1.807, 2.05) is 50.8 Å². The van der Waals surface area contributed by atoms with E-state index in [2.05, 4.69) is 10.1 Å². The monoisotopic (exact) mass is 386 g/mol. The highest BCUT2D eigenvalue weighted by atomic mass is 16.7. The molecule has 0 spiro atoms. The first kappa shape index (κ1) is 19.4. The number of ether oxygens (including phenoxy) is 2. The molecule has 2 N–H and O–H groups in total. The minimum absolute atomic E-state index is 0.0198. The fourth-order valence-corrected chi connectivity index (χ4v) is 3.27. The molecule has 2 aliphatic heterocycles. The van der Waals surface area contributed by atoms with Crippen LogP contribution in [0.4, 0.5) is 5.82 Å². The molecule has 1 atom stereocenters. The first-order chi connectivity index (χ1) is 13.2. The SMILES string of the molecule is CC1(C)OB(c2cc(-c3cnn(C[C@H]4COCCO4)c3)cnc2N)OC1(C)C. The van der Waals surface area contributed by atoms with Crippen LogP contribution in [0, 0.1) is 0 Å². The van der Waals surface area contributed by atoms with Crippen molar-refractivity contribution in [1.82, 2.24) is 14.8 Å². The molecule has 2 saturated heterocycles. The summed E-state index contributed by atoms with van der Waals surface area (Å²) in [6.07, 6.45) is 5.54. The summed E-state index contributed by atoms with van der Waals surface area (Å²) in [6, 6.07) is 1.96. The molecule has 0 bridgehead atoms. The van der Waals surface area contributed by atoms with Crippen LogP contribution in [0.25, 0.3) is 11.1 Å². The van der Waals surface area contributed by atoms with Crippen molar-refractivity contribution < 1.29 is 18.8 Å². The number of rotatable bonds is 4. The van der Waals surface area contributed by atoms with E-state index in [4.69, 9.17) is 24.5 Å². The maximum Gasteiger partial charge on any atom is 0.498 e. The molecule has 0 amide bonds. The van der Waals surface area contributed by atoms with E-state index in [1.54, 1.807) is 6.20 Å². The molecular formula is C19H27BN4O4. The van der Waals surface area contributed by atoms with Gasteiger partial charge in [0.15, 0.2) is 0 Å². The highest BCUT2D eigenvalue weighted by molar-refractivity contribution is 6.63. The average Bonchev–Trinajstić information content (AvgIpc) is 3.18. The number of aromatic nitrogens is 3. The zero-order valence-corrected chi connectivity index (χ0v) is 16.8. The lowest BCUT2D eigenvalue weighted by Gasteiger charge is -2.32. The van der Waals surface area contributed by atoms with Crippen LogP contribution in [-0.4, -0.2) is 59.0 Å². The first-order valence-corrected chi connectivity index (χ1v) is 9.58. The molecule has 28 heavy (non-hydrogen) atoms. The van der Waals surface area contributed by atoms with Crippen LogP contribution in [0.5, 0.6) is 0 Å². The molecule has 150 valence electrons. The van der Waals surface area contributed by atoms with Gasteiger partial charge in [-0.25, -0.2) is 4.98 Å². The van der Waals surface area contributed by atoms with Crippen molar-refractivity contribution in [3.8, 4) is 11.1 Å². The second-order valence-corrected chi connectivity index (χ2v) is 8.31. The zero-order valence-electron chi connectivity index (χ0n) is 16.8. The van der Waals surface area contributed by atoms with E-state index in [0.717, 1.165) is 16.6 Å². The summed E-state index contributed by atoms with van der Waals surface area (Å²) in [5, 5.41) is 4.44. The fraction of sp³-hybridized carbons (Fsp3) is 0.579. The van der Waals surface area contributed by atoms with E-state index in [9.17, 15) is 0 Å². The van der Waals surface area contributed by atoms with Gasteiger partial charge in [0.1, 0.15) is 11.9 Å². The van der Waals surface area contributed by atoms with Crippen LogP contribution in [0.1, 0.15) is 27.7 Å². The van der Waals surface area contributed by atoms with E-state index in [0.29, 0.717) is 32.2 Å². The van der Waals surface area contributed by atoms with Gasteiger partial charge in [-0.15, -0.1) is 0 Å². The second kappa shape index (κ2) is 7.15.